The SMILES string of the molecule is O=C(CC1CCCCC1)NCc1nc(-c2ccc(Cl)cc2)no1. The first-order chi connectivity index (χ1) is 11.2. The van der Waals surface area contributed by atoms with Gasteiger partial charge in [-0.15, -0.1) is 0 Å². The van der Waals surface area contributed by atoms with Gasteiger partial charge in [0.15, 0.2) is 0 Å². The molecule has 0 aliphatic heterocycles. The number of carbonyl (C=O) groups is 1. The highest BCUT2D eigenvalue weighted by Crippen LogP contribution is 2.26. The van der Waals surface area contributed by atoms with E-state index in [0.717, 1.165) is 18.4 Å². The molecule has 1 aliphatic rings. The van der Waals surface area contributed by atoms with Gasteiger partial charge >= 0.3 is 0 Å². The quantitative estimate of drug-likeness (QED) is 0.898. The van der Waals surface area contributed by atoms with Gasteiger partial charge in [0, 0.05) is 17.0 Å². The summed E-state index contributed by atoms with van der Waals surface area (Å²) in [6.45, 7) is 0.270. The van der Waals surface area contributed by atoms with Crippen LogP contribution in [0.4, 0.5) is 0 Å². The largest absolute Gasteiger partial charge is 0.347 e. The van der Waals surface area contributed by atoms with E-state index in [0.29, 0.717) is 29.1 Å². The number of nitrogens with zero attached hydrogens (tertiary/aromatic N) is 2. The van der Waals surface area contributed by atoms with Crippen LogP contribution in [0.3, 0.4) is 0 Å². The first-order valence-corrected chi connectivity index (χ1v) is 8.44. The van der Waals surface area contributed by atoms with Crippen molar-refractivity contribution in [1.29, 1.82) is 0 Å². The Labute approximate surface area is 140 Å². The molecule has 0 bridgehead atoms. The normalized spacial score (nSPS) is 15.5. The van der Waals surface area contributed by atoms with Crippen LogP contribution in [0.1, 0.15) is 44.4 Å². The molecule has 1 fully saturated rings. The third kappa shape index (κ3) is 4.55. The predicted octanol–water partition coefficient (Wildman–Crippen LogP) is 3.98. The number of amides is 1. The number of hydrogen-bond acceptors (Lipinski definition) is 4. The Hall–Kier alpha value is -1.88. The zero-order valence-electron chi connectivity index (χ0n) is 12.9. The molecule has 23 heavy (non-hydrogen) atoms. The summed E-state index contributed by atoms with van der Waals surface area (Å²) in [5, 5.41) is 7.45. The smallest absolute Gasteiger partial charge is 0.246 e. The van der Waals surface area contributed by atoms with Crippen LogP contribution in [0.5, 0.6) is 0 Å². The highest BCUT2D eigenvalue weighted by molar-refractivity contribution is 6.30. The van der Waals surface area contributed by atoms with Crippen molar-refractivity contribution in [1.82, 2.24) is 15.5 Å². The zero-order chi connectivity index (χ0) is 16.1. The molecule has 122 valence electrons. The van der Waals surface area contributed by atoms with Gasteiger partial charge in [-0.05, 0) is 43.0 Å². The maximum atomic E-state index is 12.0. The van der Waals surface area contributed by atoms with Crippen LogP contribution >= 0.6 is 11.6 Å². The maximum Gasteiger partial charge on any atom is 0.246 e. The summed E-state index contributed by atoms with van der Waals surface area (Å²) in [6, 6.07) is 7.22. The lowest BCUT2D eigenvalue weighted by molar-refractivity contribution is -0.122. The Morgan fingerprint density at radius 3 is 2.70 bits per heavy atom. The van der Waals surface area contributed by atoms with Crippen molar-refractivity contribution in [2.75, 3.05) is 0 Å². The Bertz CT molecular complexity index is 648. The van der Waals surface area contributed by atoms with Crippen LogP contribution < -0.4 is 5.32 Å². The molecule has 0 spiro atoms. The van der Waals surface area contributed by atoms with Gasteiger partial charge in [-0.25, -0.2) is 0 Å². The monoisotopic (exact) mass is 333 g/mol. The van der Waals surface area contributed by atoms with Gasteiger partial charge in [0.1, 0.15) is 0 Å². The Balaban J connectivity index is 1.50. The molecule has 5 nitrogen and oxygen atoms in total. The molecule has 1 heterocycles. The fourth-order valence-electron chi connectivity index (χ4n) is 2.94. The first kappa shape index (κ1) is 16.0. The average Bonchev–Trinajstić information content (AvgIpc) is 3.04. The van der Waals surface area contributed by atoms with E-state index in [1.54, 1.807) is 12.1 Å². The molecule has 2 aromatic rings. The van der Waals surface area contributed by atoms with Gasteiger partial charge in [0.25, 0.3) is 0 Å². The van der Waals surface area contributed by atoms with E-state index in [-0.39, 0.29) is 12.5 Å². The van der Waals surface area contributed by atoms with Crippen molar-refractivity contribution in [3.63, 3.8) is 0 Å². The summed E-state index contributed by atoms with van der Waals surface area (Å²) in [4.78, 5) is 16.3. The standard InChI is InChI=1S/C17H20ClN3O2/c18-14-8-6-13(7-9-14)17-20-16(23-21-17)11-19-15(22)10-12-4-2-1-3-5-12/h6-9,12H,1-5,10-11H2,(H,19,22). The van der Waals surface area contributed by atoms with E-state index in [1.807, 2.05) is 12.1 Å². The summed E-state index contributed by atoms with van der Waals surface area (Å²) in [7, 11) is 0. The molecule has 1 N–H and O–H groups in total. The van der Waals surface area contributed by atoms with Crippen molar-refractivity contribution in [3.8, 4) is 11.4 Å². The average molecular weight is 334 g/mol. The molecule has 6 heteroatoms. The summed E-state index contributed by atoms with van der Waals surface area (Å²) in [6.07, 6.45) is 6.70. The molecule has 0 unspecified atom stereocenters. The first-order valence-electron chi connectivity index (χ1n) is 8.06. The molecule has 1 aromatic carbocycles. The number of benzene rings is 1. The van der Waals surface area contributed by atoms with Gasteiger partial charge in [-0.1, -0.05) is 36.0 Å². The summed E-state index contributed by atoms with van der Waals surface area (Å²) in [5.41, 5.74) is 0.831. The fourth-order valence-corrected chi connectivity index (χ4v) is 3.07. The molecule has 1 amide bonds. The molecule has 0 radical (unpaired) electrons. The van der Waals surface area contributed by atoms with Gasteiger partial charge in [0.05, 0.1) is 6.54 Å². The van der Waals surface area contributed by atoms with E-state index in [2.05, 4.69) is 15.5 Å². The lowest BCUT2D eigenvalue weighted by Gasteiger charge is -2.20. The van der Waals surface area contributed by atoms with Crippen molar-refractivity contribution in [2.45, 2.75) is 45.1 Å². The molecule has 1 aliphatic carbocycles. The number of carbonyl (C=O) groups excluding carboxylic acids is 1. The van der Waals surface area contributed by atoms with Crippen LogP contribution in [0, 0.1) is 5.92 Å². The van der Waals surface area contributed by atoms with Crippen LogP contribution in [-0.2, 0) is 11.3 Å². The minimum Gasteiger partial charge on any atom is -0.347 e. The van der Waals surface area contributed by atoms with Crippen LogP contribution in [0.15, 0.2) is 28.8 Å². The highest BCUT2D eigenvalue weighted by atomic mass is 35.5. The predicted molar refractivity (Wildman–Crippen MR) is 87.8 cm³/mol. The summed E-state index contributed by atoms with van der Waals surface area (Å²) in [5.74, 6) is 1.49. The molecular weight excluding hydrogens is 314 g/mol. The van der Waals surface area contributed by atoms with Crippen molar-refractivity contribution >= 4 is 17.5 Å². The van der Waals surface area contributed by atoms with Crippen molar-refractivity contribution in [2.24, 2.45) is 5.92 Å². The summed E-state index contributed by atoms with van der Waals surface area (Å²) >= 11 is 5.86. The minimum atomic E-state index is 0.0585. The van der Waals surface area contributed by atoms with Crippen molar-refractivity contribution < 1.29 is 9.32 Å². The Morgan fingerprint density at radius 2 is 1.96 bits per heavy atom. The second-order valence-corrected chi connectivity index (χ2v) is 6.44. The summed E-state index contributed by atoms with van der Waals surface area (Å²) < 4.78 is 5.18. The number of hydrogen-bond donors (Lipinski definition) is 1. The second-order valence-electron chi connectivity index (χ2n) is 6.00. The third-order valence-electron chi connectivity index (χ3n) is 4.21. The molecule has 0 atom stereocenters. The Morgan fingerprint density at radius 1 is 1.22 bits per heavy atom. The number of rotatable bonds is 5. The topological polar surface area (TPSA) is 68.0 Å². The van der Waals surface area contributed by atoms with Crippen molar-refractivity contribution in [3.05, 3.63) is 35.2 Å². The fraction of sp³-hybridized carbons (Fsp3) is 0.471. The van der Waals surface area contributed by atoms with E-state index < -0.39 is 0 Å². The Kier molecular flexibility index (Phi) is 5.28. The van der Waals surface area contributed by atoms with E-state index in [4.69, 9.17) is 16.1 Å². The second kappa shape index (κ2) is 7.59. The lowest BCUT2D eigenvalue weighted by Crippen LogP contribution is -2.26. The number of aromatic nitrogens is 2. The molecule has 1 aromatic heterocycles. The molecular formula is C17H20ClN3O2. The zero-order valence-corrected chi connectivity index (χ0v) is 13.7. The van der Waals surface area contributed by atoms with E-state index in [9.17, 15) is 4.79 Å². The van der Waals surface area contributed by atoms with E-state index in [1.165, 1.54) is 19.3 Å². The van der Waals surface area contributed by atoms with Crippen LogP contribution in [-0.4, -0.2) is 16.0 Å². The number of nitrogens with one attached hydrogen (secondary N) is 1. The minimum absolute atomic E-state index is 0.0585. The maximum absolute atomic E-state index is 12.0. The van der Waals surface area contributed by atoms with Gasteiger partial charge in [-0.2, -0.15) is 4.98 Å². The highest BCUT2D eigenvalue weighted by Gasteiger charge is 2.17. The molecule has 1 saturated carbocycles. The molecule has 0 saturated heterocycles. The number of halogens is 1. The van der Waals surface area contributed by atoms with Gasteiger partial charge in [-0.3, -0.25) is 4.79 Å². The lowest BCUT2D eigenvalue weighted by atomic mass is 9.87. The van der Waals surface area contributed by atoms with Gasteiger partial charge in [0.2, 0.25) is 17.6 Å². The third-order valence-corrected chi connectivity index (χ3v) is 4.46. The molecule has 3 rings (SSSR count). The van der Waals surface area contributed by atoms with E-state index >= 15 is 0 Å². The van der Waals surface area contributed by atoms with Crippen LogP contribution in [0.2, 0.25) is 5.02 Å². The van der Waals surface area contributed by atoms with Gasteiger partial charge < -0.3 is 9.84 Å². The van der Waals surface area contributed by atoms with Crippen LogP contribution in [0.25, 0.3) is 11.4 Å².